The number of ketones is 1. The van der Waals surface area contributed by atoms with Crippen LogP contribution in [0.5, 0.6) is 0 Å². The van der Waals surface area contributed by atoms with E-state index in [1.165, 1.54) is 0 Å². The van der Waals surface area contributed by atoms with Crippen molar-refractivity contribution in [3.05, 3.63) is 64.6 Å². The van der Waals surface area contributed by atoms with Crippen molar-refractivity contribution in [3.8, 4) is 0 Å². The Morgan fingerprint density at radius 1 is 1.09 bits per heavy atom. The molecule has 112 valence electrons. The second kappa shape index (κ2) is 6.41. The van der Waals surface area contributed by atoms with Crippen LogP contribution in [0, 0.1) is 5.92 Å². The lowest BCUT2D eigenvalue weighted by molar-refractivity contribution is 0.104. The monoisotopic (exact) mass is 309 g/mol. The van der Waals surface area contributed by atoms with Crippen molar-refractivity contribution in [2.24, 2.45) is 5.92 Å². The Morgan fingerprint density at radius 3 is 2.59 bits per heavy atom. The molecule has 2 aromatic carbocycles. The van der Waals surface area contributed by atoms with Crippen LogP contribution in [0.1, 0.15) is 29.8 Å². The van der Waals surface area contributed by atoms with Gasteiger partial charge in [-0.2, -0.15) is 0 Å². The molecule has 0 spiro atoms. The topological polar surface area (TPSA) is 29.1 Å². The first kappa shape index (κ1) is 14.9. The van der Waals surface area contributed by atoms with E-state index >= 15 is 0 Å². The number of nitrogens with one attached hydrogen (secondary N) is 1. The van der Waals surface area contributed by atoms with Gasteiger partial charge in [-0.05, 0) is 35.8 Å². The number of para-hydroxylation sites is 1. The van der Waals surface area contributed by atoms with Gasteiger partial charge in [0.1, 0.15) is 0 Å². The van der Waals surface area contributed by atoms with E-state index in [0.717, 1.165) is 33.2 Å². The number of rotatable bonds is 4. The number of hydrogen-bond acceptors (Lipinski definition) is 3. The van der Waals surface area contributed by atoms with Crippen molar-refractivity contribution in [3.63, 3.8) is 0 Å². The molecule has 0 aliphatic carbocycles. The highest BCUT2D eigenvalue weighted by Crippen LogP contribution is 2.41. The van der Waals surface area contributed by atoms with Crippen molar-refractivity contribution in [1.29, 1.82) is 0 Å². The quantitative estimate of drug-likeness (QED) is 0.798. The Balaban J connectivity index is 1.89. The van der Waals surface area contributed by atoms with Gasteiger partial charge in [-0.3, -0.25) is 4.79 Å². The van der Waals surface area contributed by atoms with Gasteiger partial charge in [-0.1, -0.05) is 55.9 Å². The second-order valence-corrected chi connectivity index (χ2v) is 6.88. The minimum atomic E-state index is 0.124. The number of benzene rings is 2. The molecule has 3 rings (SSSR count). The third kappa shape index (κ3) is 3.09. The molecule has 1 aliphatic rings. The van der Waals surface area contributed by atoms with Crippen molar-refractivity contribution < 1.29 is 4.79 Å². The summed E-state index contributed by atoms with van der Waals surface area (Å²) in [5.41, 5.74) is 2.95. The number of carbonyl (C=O) groups excluding carboxylic acids is 1. The summed E-state index contributed by atoms with van der Waals surface area (Å²) in [4.78, 5) is 14.3. The number of allylic oxidation sites excluding steroid dienone is 1. The van der Waals surface area contributed by atoms with Crippen molar-refractivity contribution in [1.82, 2.24) is 0 Å². The highest BCUT2D eigenvalue weighted by molar-refractivity contribution is 8.04. The van der Waals surface area contributed by atoms with Gasteiger partial charge in [0.05, 0.1) is 4.91 Å². The van der Waals surface area contributed by atoms with Crippen LogP contribution in [0.2, 0.25) is 0 Å². The van der Waals surface area contributed by atoms with Gasteiger partial charge in [0.25, 0.3) is 0 Å². The number of thioether (sulfide) groups is 1. The number of Topliss-reactive ketones (excluding diaryl/α,β-unsaturated/α-hetero) is 1. The zero-order valence-electron chi connectivity index (χ0n) is 12.8. The lowest BCUT2D eigenvalue weighted by Crippen LogP contribution is -2.08. The minimum absolute atomic E-state index is 0.124. The van der Waals surface area contributed by atoms with Crippen LogP contribution >= 0.6 is 11.8 Å². The number of hydrogen-bond donors (Lipinski definition) is 1. The second-order valence-electron chi connectivity index (χ2n) is 5.80. The molecule has 1 aliphatic heterocycles. The van der Waals surface area contributed by atoms with Crippen LogP contribution in [-0.4, -0.2) is 12.3 Å². The van der Waals surface area contributed by atoms with Crippen molar-refractivity contribution >= 4 is 29.3 Å². The molecule has 0 atom stereocenters. The van der Waals surface area contributed by atoms with Gasteiger partial charge >= 0.3 is 0 Å². The zero-order valence-corrected chi connectivity index (χ0v) is 13.6. The van der Waals surface area contributed by atoms with Crippen LogP contribution < -0.4 is 5.32 Å². The molecule has 0 bridgehead atoms. The molecule has 0 saturated heterocycles. The maximum atomic E-state index is 12.5. The van der Waals surface area contributed by atoms with Crippen LogP contribution in [0.15, 0.2) is 58.3 Å². The molecule has 0 amide bonds. The molecule has 0 aromatic heterocycles. The number of carbonyl (C=O) groups is 1. The molecule has 0 fully saturated rings. The summed E-state index contributed by atoms with van der Waals surface area (Å²) in [6.07, 6.45) is 2.00. The van der Waals surface area contributed by atoms with E-state index in [9.17, 15) is 4.79 Å². The summed E-state index contributed by atoms with van der Waals surface area (Å²) in [5, 5.41) is 3.46. The van der Waals surface area contributed by atoms with Crippen LogP contribution in [0.25, 0.3) is 6.08 Å². The standard InChI is InChI=1S/C19H19NOS/c1-13(2)12-20-16-9-5-3-7-14(16)11-18-19(21)15-8-4-6-10-17(15)22-18/h3-11,13,20H,12H2,1-2H3. The average Bonchev–Trinajstić information content (AvgIpc) is 2.83. The van der Waals surface area contributed by atoms with E-state index in [-0.39, 0.29) is 5.78 Å². The van der Waals surface area contributed by atoms with Crippen molar-refractivity contribution in [2.45, 2.75) is 18.7 Å². The molecule has 0 unspecified atom stereocenters. The Labute approximate surface area is 135 Å². The maximum Gasteiger partial charge on any atom is 0.200 e. The molecular weight excluding hydrogens is 290 g/mol. The minimum Gasteiger partial charge on any atom is -0.384 e. The largest absolute Gasteiger partial charge is 0.384 e. The summed E-state index contributed by atoms with van der Waals surface area (Å²) >= 11 is 1.56. The van der Waals surface area contributed by atoms with E-state index in [0.29, 0.717) is 5.92 Å². The Morgan fingerprint density at radius 2 is 1.82 bits per heavy atom. The van der Waals surface area contributed by atoms with E-state index in [2.05, 4.69) is 25.2 Å². The molecule has 3 heteroatoms. The van der Waals surface area contributed by atoms with Crippen LogP contribution in [0.3, 0.4) is 0 Å². The molecule has 1 N–H and O–H groups in total. The fourth-order valence-corrected chi connectivity index (χ4v) is 3.42. The van der Waals surface area contributed by atoms with Crippen LogP contribution in [0.4, 0.5) is 5.69 Å². The Kier molecular flexibility index (Phi) is 4.34. The molecule has 0 saturated carbocycles. The predicted octanol–water partition coefficient (Wildman–Crippen LogP) is 5.08. The van der Waals surface area contributed by atoms with Gasteiger partial charge in [-0.25, -0.2) is 0 Å². The lowest BCUT2D eigenvalue weighted by atomic mass is 10.1. The normalized spacial score (nSPS) is 15.4. The first-order valence-corrected chi connectivity index (χ1v) is 8.33. The van der Waals surface area contributed by atoms with E-state index in [1.807, 2.05) is 48.5 Å². The fraction of sp³-hybridized carbons (Fsp3) is 0.211. The smallest absolute Gasteiger partial charge is 0.200 e. The number of fused-ring (bicyclic) bond motifs is 1. The first-order chi connectivity index (χ1) is 10.6. The van der Waals surface area contributed by atoms with E-state index in [1.54, 1.807) is 11.8 Å². The first-order valence-electron chi connectivity index (χ1n) is 7.51. The highest BCUT2D eigenvalue weighted by atomic mass is 32.2. The SMILES string of the molecule is CC(C)CNc1ccccc1C=C1Sc2ccccc2C1=O. The zero-order chi connectivity index (χ0) is 15.5. The summed E-state index contributed by atoms with van der Waals surface area (Å²) in [6.45, 7) is 5.28. The Bertz CT molecular complexity index is 734. The molecule has 2 nitrogen and oxygen atoms in total. The fourth-order valence-electron chi connectivity index (χ4n) is 2.37. The highest BCUT2D eigenvalue weighted by Gasteiger charge is 2.25. The van der Waals surface area contributed by atoms with Gasteiger partial charge < -0.3 is 5.32 Å². The molecule has 0 radical (unpaired) electrons. The van der Waals surface area contributed by atoms with E-state index in [4.69, 9.17) is 0 Å². The van der Waals surface area contributed by atoms with Crippen LogP contribution in [-0.2, 0) is 0 Å². The van der Waals surface area contributed by atoms with Gasteiger partial charge in [-0.15, -0.1) is 0 Å². The molecular formula is C19H19NOS. The predicted molar refractivity (Wildman–Crippen MR) is 94.4 cm³/mol. The van der Waals surface area contributed by atoms with Gasteiger partial charge in [0, 0.05) is 22.7 Å². The summed E-state index contributed by atoms with van der Waals surface area (Å²) in [7, 11) is 0. The molecule has 1 heterocycles. The average molecular weight is 309 g/mol. The molecule has 2 aromatic rings. The van der Waals surface area contributed by atoms with Crippen molar-refractivity contribution in [2.75, 3.05) is 11.9 Å². The van der Waals surface area contributed by atoms with Gasteiger partial charge in [0.2, 0.25) is 5.78 Å². The maximum absolute atomic E-state index is 12.5. The summed E-state index contributed by atoms with van der Waals surface area (Å²) in [5.74, 6) is 0.701. The number of anilines is 1. The summed E-state index contributed by atoms with van der Waals surface area (Å²) in [6, 6.07) is 15.9. The van der Waals surface area contributed by atoms with Gasteiger partial charge in [0.15, 0.2) is 0 Å². The molecule has 22 heavy (non-hydrogen) atoms. The third-order valence-corrected chi connectivity index (χ3v) is 4.62. The third-order valence-electron chi connectivity index (χ3n) is 3.52. The lowest BCUT2D eigenvalue weighted by Gasteiger charge is -2.12. The van der Waals surface area contributed by atoms with E-state index < -0.39 is 0 Å². The summed E-state index contributed by atoms with van der Waals surface area (Å²) < 4.78 is 0. The Hall–Kier alpha value is -2.00.